The first-order valence-electron chi connectivity index (χ1n) is 14.7. The molecule has 0 radical (unpaired) electrons. The maximum atomic E-state index is 6.56. The molecule has 7 aromatic carbocycles. The van der Waals surface area contributed by atoms with Gasteiger partial charge in [0.1, 0.15) is 5.58 Å². The second kappa shape index (κ2) is 8.37. The lowest BCUT2D eigenvalue weighted by Crippen LogP contribution is -1.96. The van der Waals surface area contributed by atoms with Crippen LogP contribution in [0.4, 0.5) is 0 Å². The van der Waals surface area contributed by atoms with Crippen molar-refractivity contribution in [1.82, 2.24) is 9.13 Å². The average Bonchev–Trinajstić information content (AvgIpc) is 3.71. The van der Waals surface area contributed by atoms with Gasteiger partial charge in [0.25, 0.3) is 0 Å². The van der Waals surface area contributed by atoms with Gasteiger partial charge in [0, 0.05) is 38.0 Å². The van der Waals surface area contributed by atoms with Crippen molar-refractivity contribution in [3.63, 3.8) is 0 Å². The van der Waals surface area contributed by atoms with Crippen molar-refractivity contribution >= 4 is 76.3 Å². The molecule has 0 spiro atoms. The molecule has 0 bridgehead atoms. The number of benzene rings is 7. The number of aromatic nitrogens is 2. The molecule has 0 saturated carbocycles. The number of furan rings is 1. The summed E-state index contributed by atoms with van der Waals surface area (Å²) in [5.41, 5.74) is 8.73. The molecular weight excluding hydrogens is 524 g/mol. The molecule has 0 aliphatic carbocycles. The summed E-state index contributed by atoms with van der Waals surface area (Å²) in [5.74, 6) is 0. The lowest BCUT2D eigenvalue weighted by molar-refractivity contribution is 0.666. The second-order valence-electron chi connectivity index (χ2n) is 11.3. The first-order valence-corrected chi connectivity index (χ1v) is 14.7. The van der Waals surface area contributed by atoms with E-state index in [1.54, 1.807) is 0 Å². The summed E-state index contributed by atoms with van der Waals surface area (Å²) in [6, 6.07) is 52.3. The molecule has 0 unspecified atom stereocenters. The van der Waals surface area contributed by atoms with Crippen molar-refractivity contribution in [2.24, 2.45) is 0 Å². The Kier molecular flexibility index (Phi) is 4.45. The minimum Gasteiger partial charge on any atom is -0.454 e. The average molecular weight is 549 g/mol. The van der Waals surface area contributed by atoms with Crippen LogP contribution in [0.3, 0.4) is 0 Å². The SMILES string of the molecule is c1ccc(-n2c3cc4c(cc3c3c5ccccc5ccc32)c2ccccc2n4-c2cccc3c2oc2ccccc23)cc1. The Balaban J connectivity index is 1.42. The maximum Gasteiger partial charge on any atom is 0.159 e. The van der Waals surface area contributed by atoms with E-state index in [0.717, 1.165) is 38.8 Å². The van der Waals surface area contributed by atoms with Crippen LogP contribution in [-0.2, 0) is 0 Å². The molecule has 0 amide bonds. The van der Waals surface area contributed by atoms with E-state index in [1.807, 2.05) is 6.07 Å². The Bertz CT molecular complexity index is 2720. The molecule has 0 aliphatic heterocycles. The summed E-state index contributed by atoms with van der Waals surface area (Å²) >= 11 is 0. The molecule has 3 heterocycles. The first-order chi connectivity index (χ1) is 21.3. The quantitative estimate of drug-likeness (QED) is 0.211. The highest BCUT2D eigenvalue weighted by molar-refractivity contribution is 6.25. The predicted octanol–water partition coefficient (Wildman–Crippen LogP) is 10.9. The Morgan fingerprint density at radius 3 is 2.02 bits per heavy atom. The number of hydrogen-bond acceptors (Lipinski definition) is 1. The van der Waals surface area contributed by atoms with Gasteiger partial charge in [-0.1, -0.05) is 97.1 Å². The largest absolute Gasteiger partial charge is 0.454 e. The minimum absolute atomic E-state index is 0.904. The van der Waals surface area contributed by atoms with Crippen molar-refractivity contribution in [3.05, 3.63) is 146 Å². The van der Waals surface area contributed by atoms with Gasteiger partial charge in [-0.05, 0) is 59.3 Å². The number of nitrogens with zero attached hydrogens (tertiary/aromatic N) is 2. The molecule has 0 N–H and O–H groups in total. The van der Waals surface area contributed by atoms with Gasteiger partial charge in [-0.3, -0.25) is 0 Å². The zero-order valence-electron chi connectivity index (χ0n) is 23.2. The van der Waals surface area contributed by atoms with Gasteiger partial charge in [-0.25, -0.2) is 0 Å². The molecule has 0 saturated heterocycles. The molecule has 3 nitrogen and oxygen atoms in total. The molecule has 0 fully saturated rings. The number of rotatable bonds is 2. The highest BCUT2D eigenvalue weighted by atomic mass is 16.3. The van der Waals surface area contributed by atoms with Crippen LogP contribution in [-0.4, -0.2) is 9.13 Å². The standard InChI is InChI=1S/C40H24N2O/c1-2-12-26(13-3-1)41-34-22-21-25-11-4-5-14-27(25)39(34)32-23-31-28-15-6-8-18-33(28)42(36(31)24-37(32)41)35-19-10-17-30-29-16-7-9-20-38(29)43-40(30)35/h1-24H. The monoisotopic (exact) mass is 548 g/mol. The molecule has 43 heavy (non-hydrogen) atoms. The van der Waals surface area contributed by atoms with Crippen molar-refractivity contribution in [3.8, 4) is 11.4 Å². The Morgan fingerprint density at radius 2 is 1.12 bits per heavy atom. The number of fused-ring (bicyclic) bond motifs is 11. The molecule has 10 aromatic rings. The first kappa shape index (κ1) is 22.8. The smallest absolute Gasteiger partial charge is 0.159 e. The fourth-order valence-electron chi connectivity index (χ4n) is 7.27. The number of hydrogen-bond donors (Lipinski definition) is 0. The minimum atomic E-state index is 0.904. The van der Waals surface area contributed by atoms with Crippen molar-refractivity contribution in [1.29, 1.82) is 0 Å². The molecule has 0 atom stereocenters. The zero-order valence-corrected chi connectivity index (χ0v) is 23.2. The van der Waals surface area contributed by atoms with Gasteiger partial charge in [0.2, 0.25) is 0 Å². The van der Waals surface area contributed by atoms with Crippen molar-refractivity contribution in [2.75, 3.05) is 0 Å². The molecule has 0 aliphatic rings. The highest BCUT2D eigenvalue weighted by Crippen LogP contribution is 2.43. The topological polar surface area (TPSA) is 23.0 Å². The van der Waals surface area contributed by atoms with E-state index in [4.69, 9.17) is 4.42 Å². The van der Waals surface area contributed by atoms with Gasteiger partial charge >= 0.3 is 0 Å². The van der Waals surface area contributed by atoms with E-state index in [9.17, 15) is 0 Å². The summed E-state index contributed by atoms with van der Waals surface area (Å²) < 4.78 is 11.4. The molecule has 3 heteroatoms. The predicted molar refractivity (Wildman–Crippen MR) is 180 cm³/mol. The van der Waals surface area contributed by atoms with Gasteiger partial charge < -0.3 is 13.6 Å². The van der Waals surface area contributed by atoms with Gasteiger partial charge in [-0.2, -0.15) is 0 Å². The van der Waals surface area contributed by atoms with Crippen molar-refractivity contribution < 1.29 is 4.42 Å². The van der Waals surface area contributed by atoms with Crippen molar-refractivity contribution in [2.45, 2.75) is 0 Å². The summed E-state index contributed by atoms with van der Waals surface area (Å²) in [5, 5.41) is 9.80. The van der Waals surface area contributed by atoms with Gasteiger partial charge in [0.05, 0.1) is 27.8 Å². The van der Waals surface area contributed by atoms with Gasteiger partial charge in [0.15, 0.2) is 5.58 Å². The summed E-state index contributed by atoms with van der Waals surface area (Å²) in [6.07, 6.45) is 0. The third kappa shape index (κ3) is 3.03. The highest BCUT2D eigenvalue weighted by Gasteiger charge is 2.21. The van der Waals surface area contributed by atoms with Crippen LogP contribution >= 0.6 is 0 Å². The fraction of sp³-hybridized carbons (Fsp3) is 0. The fourth-order valence-corrected chi connectivity index (χ4v) is 7.27. The third-order valence-corrected chi connectivity index (χ3v) is 9.09. The molecule has 3 aromatic heterocycles. The van der Waals surface area contributed by atoms with Crippen LogP contribution in [0.25, 0.3) is 87.7 Å². The summed E-state index contributed by atoms with van der Waals surface area (Å²) in [6.45, 7) is 0. The Morgan fingerprint density at radius 1 is 0.395 bits per heavy atom. The molecular formula is C40H24N2O. The lowest BCUT2D eigenvalue weighted by Gasteiger charge is -2.10. The maximum absolute atomic E-state index is 6.56. The van der Waals surface area contributed by atoms with Gasteiger partial charge in [-0.15, -0.1) is 0 Å². The van der Waals surface area contributed by atoms with Crippen LogP contribution in [0.2, 0.25) is 0 Å². The van der Waals surface area contributed by atoms with E-state index in [0.29, 0.717) is 0 Å². The molecule has 200 valence electrons. The Labute approximate surface area is 246 Å². The summed E-state index contributed by atoms with van der Waals surface area (Å²) in [4.78, 5) is 0. The van der Waals surface area contributed by atoms with E-state index in [1.165, 1.54) is 48.9 Å². The van der Waals surface area contributed by atoms with Crippen LogP contribution < -0.4 is 0 Å². The zero-order chi connectivity index (χ0) is 28.1. The Hall–Kier alpha value is -5.80. The second-order valence-corrected chi connectivity index (χ2v) is 11.3. The van der Waals surface area contributed by atoms with E-state index >= 15 is 0 Å². The molecule has 10 rings (SSSR count). The normalized spacial score (nSPS) is 12.2. The van der Waals surface area contributed by atoms with Crippen LogP contribution in [0.15, 0.2) is 150 Å². The van der Waals surface area contributed by atoms with Crippen LogP contribution in [0, 0.1) is 0 Å². The van der Waals surface area contributed by atoms with Crippen LogP contribution in [0.1, 0.15) is 0 Å². The number of para-hydroxylation sites is 4. The summed E-state index contributed by atoms with van der Waals surface area (Å²) in [7, 11) is 0. The third-order valence-electron chi connectivity index (χ3n) is 9.09. The van der Waals surface area contributed by atoms with E-state index in [2.05, 4.69) is 149 Å². The van der Waals surface area contributed by atoms with E-state index in [-0.39, 0.29) is 0 Å². The van der Waals surface area contributed by atoms with Crippen LogP contribution in [0.5, 0.6) is 0 Å². The van der Waals surface area contributed by atoms with E-state index < -0.39 is 0 Å². The lowest BCUT2D eigenvalue weighted by atomic mass is 10.0.